The van der Waals surface area contributed by atoms with E-state index in [4.69, 9.17) is 4.74 Å². The van der Waals surface area contributed by atoms with E-state index in [9.17, 15) is 9.90 Å². The van der Waals surface area contributed by atoms with Crippen molar-refractivity contribution < 1.29 is 14.6 Å². The Morgan fingerprint density at radius 1 is 1.24 bits per heavy atom. The minimum absolute atomic E-state index is 0.0203. The van der Waals surface area contributed by atoms with Crippen molar-refractivity contribution in [1.29, 1.82) is 0 Å². The molecule has 2 aliphatic rings. The molecule has 4 heteroatoms. The van der Waals surface area contributed by atoms with Gasteiger partial charge in [0, 0.05) is 13.1 Å². The maximum atomic E-state index is 12.8. The predicted molar refractivity (Wildman–Crippen MR) is 79.9 cm³/mol. The van der Waals surface area contributed by atoms with Gasteiger partial charge >= 0.3 is 0 Å². The van der Waals surface area contributed by atoms with Crippen LogP contribution in [0.15, 0.2) is 18.2 Å². The number of carbonyl (C=O) groups excluding carboxylic acids is 1. The summed E-state index contributed by atoms with van der Waals surface area (Å²) < 4.78 is 5.80. The molecule has 21 heavy (non-hydrogen) atoms. The summed E-state index contributed by atoms with van der Waals surface area (Å²) in [6, 6.07) is 5.45. The summed E-state index contributed by atoms with van der Waals surface area (Å²) in [5.41, 5.74) is 2.29. The van der Waals surface area contributed by atoms with Crippen LogP contribution in [0.3, 0.4) is 0 Å². The van der Waals surface area contributed by atoms with Crippen LogP contribution in [-0.4, -0.2) is 34.7 Å². The first kappa shape index (κ1) is 14.4. The fourth-order valence-electron chi connectivity index (χ4n) is 3.63. The van der Waals surface area contributed by atoms with E-state index >= 15 is 0 Å². The Hall–Kier alpha value is -1.55. The van der Waals surface area contributed by atoms with Gasteiger partial charge in [0.05, 0.1) is 18.1 Å². The smallest absolute Gasteiger partial charge is 0.228 e. The zero-order valence-corrected chi connectivity index (χ0v) is 12.9. The molecule has 4 unspecified atom stereocenters. The van der Waals surface area contributed by atoms with Crippen LogP contribution < -0.4 is 0 Å². The minimum Gasteiger partial charge on any atom is -0.508 e. The standard InChI is InChI=1S/C17H23NO3/c1-10-11(2)21-12(3)16(10)17(20)18-7-6-13-4-5-15(19)8-14(13)9-18/h4-5,8,10-12,16,19H,6-7,9H2,1-3H3. The maximum absolute atomic E-state index is 12.8. The summed E-state index contributed by atoms with van der Waals surface area (Å²) in [6.45, 7) is 7.47. The van der Waals surface area contributed by atoms with Gasteiger partial charge in [-0.1, -0.05) is 13.0 Å². The lowest BCUT2D eigenvalue weighted by molar-refractivity contribution is -0.138. The van der Waals surface area contributed by atoms with Gasteiger partial charge in [0.1, 0.15) is 5.75 Å². The summed E-state index contributed by atoms with van der Waals surface area (Å²) in [6.07, 6.45) is 0.968. The van der Waals surface area contributed by atoms with Crippen molar-refractivity contribution in [3.63, 3.8) is 0 Å². The highest BCUT2D eigenvalue weighted by molar-refractivity contribution is 5.80. The lowest BCUT2D eigenvalue weighted by Crippen LogP contribution is -2.43. The molecule has 1 amide bonds. The summed E-state index contributed by atoms with van der Waals surface area (Å²) in [5, 5.41) is 9.62. The van der Waals surface area contributed by atoms with Crippen molar-refractivity contribution in [2.24, 2.45) is 11.8 Å². The van der Waals surface area contributed by atoms with Crippen LogP contribution in [0.1, 0.15) is 31.9 Å². The van der Waals surface area contributed by atoms with Crippen molar-refractivity contribution in [3.05, 3.63) is 29.3 Å². The number of carbonyl (C=O) groups is 1. The molecule has 4 nitrogen and oxygen atoms in total. The maximum Gasteiger partial charge on any atom is 0.228 e. The van der Waals surface area contributed by atoms with Gasteiger partial charge in [-0.3, -0.25) is 4.79 Å². The monoisotopic (exact) mass is 289 g/mol. The van der Waals surface area contributed by atoms with E-state index < -0.39 is 0 Å². The highest BCUT2D eigenvalue weighted by atomic mass is 16.5. The third-order valence-electron chi connectivity index (χ3n) is 5.04. The van der Waals surface area contributed by atoms with Crippen molar-refractivity contribution in [2.45, 2.75) is 45.9 Å². The van der Waals surface area contributed by atoms with E-state index in [0.717, 1.165) is 18.5 Å². The number of aromatic hydroxyl groups is 1. The molecule has 0 radical (unpaired) electrons. The lowest BCUT2D eigenvalue weighted by atomic mass is 9.87. The van der Waals surface area contributed by atoms with Crippen molar-refractivity contribution in [3.8, 4) is 5.75 Å². The van der Waals surface area contributed by atoms with Crippen LogP contribution >= 0.6 is 0 Å². The first-order chi connectivity index (χ1) is 9.97. The SMILES string of the molecule is CC1OC(C)C(C(=O)N2CCc3ccc(O)cc3C2)C1C. The number of rotatable bonds is 1. The molecule has 0 bridgehead atoms. The highest BCUT2D eigenvalue weighted by Gasteiger charge is 2.43. The Morgan fingerprint density at radius 2 is 2.00 bits per heavy atom. The quantitative estimate of drug-likeness (QED) is 0.863. The second-order valence-electron chi connectivity index (χ2n) is 6.39. The number of phenolic OH excluding ortho intramolecular Hbond substituents is 1. The second kappa shape index (κ2) is 5.34. The van der Waals surface area contributed by atoms with Crippen LogP contribution in [-0.2, 0) is 22.5 Å². The fourth-order valence-corrected chi connectivity index (χ4v) is 3.63. The number of fused-ring (bicyclic) bond motifs is 1. The number of amides is 1. The van der Waals surface area contributed by atoms with Crippen LogP contribution in [0, 0.1) is 11.8 Å². The third-order valence-corrected chi connectivity index (χ3v) is 5.04. The Labute approximate surface area is 125 Å². The Morgan fingerprint density at radius 3 is 2.67 bits per heavy atom. The molecular formula is C17H23NO3. The van der Waals surface area contributed by atoms with E-state index in [-0.39, 0.29) is 35.7 Å². The topological polar surface area (TPSA) is 49.8 Å². The number of phenols is 1. The van der Waals surface area contributed by atoms with Gasteiger partial charge in [-0.25, -0.2) is 0 Å². The van der Waals surface area contributed by atoms with E-state index in [2.05, 4.69) is 6.92 Å². The Balaban J connectivity index is 1.78. The van der Waals surface area contributed by atoms with E-state index in [1.165, 1.54) is 5.56 Å². The van der Waals surface area contributed by atoms with Crippen molar-refractivity contribution in [2.75, 3.05) is 6.54 Å². The van der Waals surface area contributed by atoms with Gasteiger partial charge in [0.15, 0.2) is 0 Å². The fraction of sp³-hybridized carbons (Fsp3) is 0.588. The molecule has 114 valence electrons. The minimum atomic E-state index is -0.0566. The van der Waals surface area contributed by atoms with E-state index in [1.54, 1.807) is 12.1 Å². The number of benzene rings is 1. The molecule has 2 heterocycles. The van der Waals surface area contributed by atoms with Crippen LogP contribution in [0.2, 0.25) is 0 Å². The molecule has 4 atom stereocenters. The number of hydrogen-bond acceptors (Lipinski definition) is 3. The molecule has 2 aliphatic heterocycles. The van der Waals surface area contributed by atoms with Gasteiger partial charge in [0.2, 0.25) is 5.91 Å². The lowest BCUT2D eigenvalue weighted by Gasteiger charge is -2.32. The first-order valence-electron chi connectivity index (χ1n) is 7.72. The van der Waals surface area contributed by atoms with Gasteiger partial charge in [-0.05, 0) is 49.4 Å². The number of nitrogens with zero attached hydrogens (tertiary/aromatic N) is 1. The summed E-state index contributed by atoms with van der Waals surface area (Å²) in [7, 11) is 0. The second-order valence-corrected chi connectivity index (χ2v) is 6.39. The average molecular weight is 289 g/mol. The molecule has 1 fully saturated rings. The molecular weight excluding hydrogens is 266 g/mol. The highest BCUT2D eigenvalue weighted by Crippen LogP contribution is 2.34. The molecule has 1 saturated heterocycles. The molecule has 0 aliphatic carbocycles. The molecule has 0 spiro atoms. The zero-order chi connectivity index (χ0) is 15.1. The third kappa shape index (κ3) is 2.53. The normalized spacial score (nSPS) is 32.0. The Bertz CT molecular complexity index is 557. The van der Waals surface area contributed by atoms with Crippen molar-refractivity contribution in [1.82, 2.24) is 4.90 Å². The molecule has 3 rings (SSSR count). The van der Waals surface area contributed by atoms with Gasteiger partial charge in [-0.2, -0.15) is 0 Å². The van der Waals surface area contributed by atoms with Gasteiger partial charge in [0.25, 0.3) is 0 Å². The molecule has 1 N–H and O–H groups in total. The van der Waals surface area contributed by atoms with Crippen LogP contribution in [0.5, 0.6) is 5.75 Å². The molecule has 0 aromatic heterocycles. The zero-order valence-electron chi connectivity index (χ0n) is 12.9. The number of hydrogen-bond donors (Lipinski definition) is 1. The van der Waals surface area contributed by atoms with Crippen LogP contribution in [0.25, 0.3) is 0 Å². The first-order valence-corrected chi connectivity index (χ1v) is 7.72. The van der Waals surface area contributed by atoms with Gasteiger partial charge < -0.3 is 14.7 Å². The van der Waals surface area contributed by atoms with Crippen molar-refractivity contribution >= 4 is 5.91 Å². The summed E-state index contributed by atoms with van der Waals surface area (Å²) in [4.78, 5) is 14.8. The molecule has 1 aromatic carbocycles. The molecule has 1 aromatic rings. The summed E-state index contributed by atoms with van der Waals surface area (Å²) in [5.74, 6) is 0.646. The van der Waals surface area contributed by atoms with E-state index in [0.29, 0.717) is 6.54 Å². The Kier molecular flexibility index (Phi) is 3.66. The molecule has 0 saturated carbocycles. The predicted octanol–water partition coefficient (Wildman–Crippen LogP) is 2.34. The van der Waals surface area contributed by atoms with Crippen LogP contribution in [0.4, 0.5) is 0 Å². The van der Waals surface area contributed by atoms with Gasteiger partial charge in [-0.15, -0.1) is 0 Å². The average Bonchev–Trinajstić information content (AvgIpc) is 2.70. The summed E-state index contributed by atoms with van der Waals surface area (Å²) >= 11 is 0. The number of ether oxygens (including phenoxy) is 1. The largest absolute Gasteiger partial charge is 0.508 e. The van der Waals surface area contributed by atoms with E-state index in [1.807, 2.05) is 24.8 Å².